The molecule has 116 valence electrons. The molecule has 0 fully saturated rings. The highest BCUT2D eigenvalue weighted by Gasteiger charge is 2.16. The predicted molar refractivity (Wildman–Crippen MR) is 84.6 cm³/mol. The van der Waals surface area contributed by atoms with E-state index < -0.39 is 12.1 Å². The first kappa shape index (κ1) is 15.9. The Morgan fingerprint density at radius 2 is 1.95 bits per heavy atom. The highest BCUT2D eigenvalue weighted by molar-refractivity contribution is 7.15. The van der Waals surface area contributed by atoms with Gasteiger partial charge in [-0.05, 0) is 19.4 Å². The van der Waals surface area contributed by atoms with Gasteiger partial charge in [-0.3, -0.25) is 10.1 Å². The van der Waals surface area contributed by atoms with Gasteiger partial charge < -0.3 is 10.6 Å². The number of urea groups is 1. The highest BCUT2D eigenvalue weighted by atomic mass is 32.1. The highest BCUT2D eigenvalue weighted by Crippen LogP contribution is 2.13. The standard InChI is InChI=1S/C14H17N5O2S/c1-9(12(20)15-8-11-6-4-3-5-7-11)16-13(21)17-14-19-18-10(2)22-14/h3-7,9H,8H2,1-2H3,(H,15,20)(H2,16,17,19,21)/t9-/m1/s1. The third kappa shape index (κ3) is 4.81. The number of hydrogen-bond donors (Lipinski definition) is 3. The average Bonchev–Trinajstić information content (AvgIpc) is 2.90. The first-order chi connectivity index (χ1) is 10.5. The van der Waals surface area contributed by atoms with E-state index in [1.54, 1.807) is 13.8 Å². The number of amides is 3. The van der Waals surface area contributed by atoms with Crippen LogP contribution in [0.15, 0.2) is 30.3 Å². The number of nitrogens with one attached hydrogen (secondary N) is 3. The number of rotatable bonds is 5. The Kier molecular flexibility index (Phi) is 5.42. The maximum absolute atomic E-state index is 11.9. The van der Waals surface area contributed by atoms with Crippen LogP contribution in [0.5, 0.6) is 0 Å². The van der Waals surface area contributed by atoms with Crippen molar-refractivity contribution < 1.29 is 9.59 Å². The van der Waals surface area contributed by atoms with Crippen LogP contribution in [-0.2, 0) is 11.3 Å². The molecule has 1 aromatic heterocycles. The molecule has 0 spiro atoms. The Hall–Kier alpha value is -2.48. The van der Waals surface area contributed by atoms with E-state index >= 15 is 0 Å². The number of carbonyl (C=O) groups is 2. The number of hydrogen-bond acceptors (Lipinski definition) is 5. The topological polar surface area (TPSA) is 96.0 Å². The van der Waals surface area contributed by atoms with Crippen molar-refractivity contribution in [1.82, 2.24) is 20.8 Å². The molecule has 0 unspecified atom stereocenters. The van der Waals surface area contributed by atoms with Crippen LogP contribution in [0.25, 0.3) is 0 Å². The van der Waals surface area contributed by atoms with E-state index in [0.29, 0.717) is 11.7 Å². The van der Waals surface area contributed by atoms with Crippen LogP contribution < -0.4 is 16.0 Å². The molecular formula is C14H17N5O2S. The predicted octanol–water partition coefficient (Wildman–Crippen LogP) is 1.67. The van der Waals surface area contributed by atoms with Crippen LogP contribution in [0, 0.1) is 6.92 Å². The molecule has 1 aromatic carbocycles. The largest absolute Gasteiger partial charge is 0.350 e. The molecular weight excluding hydrogens is 302 g/mol. The summed E-state index contributed by atoms with van der Waals surface area (Å²) in [5, 5.41) is 16.6. The van der Waals surface area contributed by atoms with Crippen LogP contribution in [0.2, 0.25) is 0 Å². The second-order valence-electron chi connectivity index (χ2n) is 4.65. The van der Waals surface area contributed by atoms with E-state index in [-0.39, 0.29) is 5.91 Å². The number of aromatic nitrogens is 2. The molecule has 0 aliphatic heterocycles. The Labute approximate surface area is 132 Å². The molecule has 3 amide bonds. The minimum Gasteiger partial charge on any atom is -0.350 e. The van der Waals surface area contributed by atoms with E-state index in [2.05, 4.69) is 26.1 Å². The van der Waals surface area contributed by atoms with Gasteiger partial charge in [-0.2, -0.15) is 0 Å². The van der Waals surface area contributed by atoms with Gasteiger partial charge in [0.2, 0.25) is 11.0 Å². The number of benzene rings is 1. The van der Waals surface area contributed by atoms with E-state index in [1.165, 1.54) is 11.3 Å². The van der Waals surface area contributed by atoms with Crippen molar-refractivity contribution in [3.8, 4) is 0 Å². The molecule has 0 aliphatic rings. The molecule has 0 saturated carbocycles. The zero-order valence-electron chi connectivity index (χ0n) is 12.3. The summed E-state index contributed by atoms with van der Waals surface area (Å²) in [6.07, 6.45) is 0. The summed E-state index contributed by atoms with van der Waals surface area (Å²) in [5.74, 6) is -0.257. The van der Waals surface area contributed by atoms with Gasteiger partial charge in [0.15, 0.2) is 0 Å². The Bertz CT molecular complexity index is 644. The van der Waals surface area contributed by atoms with Crippen molar-refractivity contribution in [3.05, 3.63) is 40.9 Å². The molecule has 1 heterocycles. The maximum Gasteiger partial charge on any atom is 0.321 e. The van der Waals surface area contributed by atoms with Crippen LogP contribution in [0.4, 0.5) is 9.93 Å². The molecule has 0 bridgehead atoms. The molecule has 3 N–H and O–H groups in total. The van der Waals surface area contributed by atoms with Crippen LogP contribution in [-0.4, -0.2) is 28.2 Å². The van der Waals surface area contributed by atoms with Gasteiger partial charge in [0.1, 0.15) is 11.0 Å². The Morgan fingerprint density at radius 3 is 2.59 bits per heavy atom. The molecule has 1 atom stereocenters. The normalized spacial score (nSPS) is 11.5. The van der Waals surface area contributed by atoms with E-state index in [4.69, 9.17) is 0 Å². The van der Waals surface area contributed by atoms with Crippen molar-refractivity contribution in [2.45, 2.75) is 26.4 Å². The lowest BCUT2D eigenvalue weighted by molar-refractivity contribution is -0.122. The Morgan fingerprint density at radius 1 is 1.23 bits per heavy atom. The summed E-state index contributed by atoms with van der Waals surface area (Å²) in [5.41, 5.74) is 0.997. The third-order valence-corrected chi connectivity index (χ3v) is 3.55. The summed E-state index contributed by atoms with van der Waals surface area (Å²) in [7, 11) is 0. The van der Waals surface area contributed by atoms with Crippen molar-refractivity contribution in [2.75, 3.05) is 5.32 Å². The second kappa shape index (κ2) is 7.51. The van der Waals surface area contributed by atoms with Crippen LogP contribution in [0.1, 0.15) is 17.5 Å². The smallest absolute Gasteiger partial charge is 0.321 e. The van der Waals surface area contributed by atoms with E-state index in [9.17, 15) is 9.59 Å². The fourth-order valence-corrected chi connectivity index (χ4v) is 2.27. The molecule has 7 nitrogen and oxygen atoms in total. The minimum absolute atomic E-state index is 0.257. The first-order valence-electron chi connectivity index (χ1n) is 6.74. The number of anilines is 1. The average molecular weight is 319 g/mol. The molecule has 2 rings (SSSR count). The molecule has 0 radical (unpaired) electrons. The minimum atomic E-state index is -0.655. The van der Waals surface area contributed by atoms with Gasteiger partial charge in [-0.15, -0.1) is 10.2 Å². The fraction of sp³-hybridized carbons (Fsp3) is 0.286. The van der Waals surface area contributed by atoms with Gasteiger partial charge in [-0.1, -0.05) is 41.7 Å². The van der Waals surface area contributed by atoms with Crippen molar-refractivity contribution >= 4 is 28.4 Å². The van der Waals surface area contributed by atoms with Gasteiger partial charge >= 0.3 is 6.03 Å². The summed E-state index contributed by atoms with van der Waals surface area (Å²) >= 11 is 1.26. The lowest BCUT2D eigenvalue weighted by atomic mass is 10.2. The summed E-state index contributed by atoms with van der Waals surface area (Å²) in [6, 6.07) is 8.42. The number of aryl methyl sites for hydroxylation is 1. The van der Waals surface area contributed by atoms with Gasteiger partial charge in [0.25, 0.3) is 0 Å². The summed E-state index contributed by atoms with van der Waals surface area (Å²) < 4.78 is 0. The quantitative estimate of drug-likeness (QED) is 0.781. The molecule has 0 aliphatic carbocycles. The SMILES string of the molecule is Cc1nnc(NC(=O)N[C@H](C)C(=O)NCc2ccccc2)s1. The molecule has 8 heteroatoms. The van der Waals surface area contributed by atoms with Crippen molar-refractivity contribution in [2.24, 2.45) is 0 Å². The van der Waals surface area contributed by atoms with Crippen molar-refractivity contribution in [1.29, 1.82) is 0 Å². The van der Waals surface area contributed by atoms with Gasteiger partial charge in [0, 0.05) is 6.54 Å². The monoisotopic (exact) mass is 319 g/mol. The maximum atomic E-state index is 11.9. The zero-order chi connectivity index (χ0) is 15.9. The molecule has 2 aromatic rings. The molecule has 0 saturated heterocycles. The van der Waals surface area contributed by atoms with Crippen molar-refractivity contribution in [3.63, 3.8) is 0 Å². The lowest BCUT2D eigenvalue weighted by Gasteiger charge is -2.14. The summed E-state index contributed by atoms with van der Waals surface area (Å²) in [6.45, 7) is 3.83. The molecule has 22 heavy (non-hydrogen) atoms. The summed E-state index contributed by atoms with van der Waals surface area (Å²) in [4.78, 5) is 23.7. The number of nitrogens with zero attached hydrogens (tertiary/aromatic N) is 2. The lowest BCUT2D eigenvalue weighted by Crippen LogP contribution is -2.46. The fourth-order valence-electron chi connectivity index (χ4n) is 1.68. The third-order valence-electron chi connectivity index (χ3n) is 2.80. The van der Waals surface area contributed by atoms with E-state index in [1.807, 2.05) is 30.3 Å². The van der Waals surface area contributed by atoms with Crippen LogP contribution >= 0.6 is 11.3 Å². The first-order valence-corrected chi connectivity index (χ1v) is 7.55. The Balaban J connectivity index is 1.77. The van der Waals surface area contributed by atoms with E-state index in [0.717, 1.165) is 10.6 Å². The number of carbonyl (C=O) groups excluding carboxylic acids is 2. The van der Waals surface area contributed by atoms with Crippen LogP contribution in [0.3, 0.4) is 0 Å². The van der Waals surface area contributed by atoms with Gasteiger partial charge in [0.05, 0.1) is 0 Å². The van der Waals surface area contributed by atoms with Gasteiger partial charge in [-0.25, -0.2) is 4.79 Å². The second-order valence-corrected chi connectivity index (χ2v) is 5.83. The zero-order valence-corrected chi connectivity index (χ0v) is 13.1.